The summed E-state index contributed by atoms with van der Waals surface area (Å²) in [4.78, 5) is 52.7. The van der Waals surface area contributed by atoms with Crippen molar-refractivity contribution in [3.8, 4) is 23.0 Å². The van der Waals surface area contributed by atoms with Gasteiger partial charge < -0.3 is 30.3 Å². The number of ketones is 1. The van der Waals surface area contributed by atoms with Crippen LogP contribution >= 0.6 is 0 Å². The lowest BCUT2D eigenvalue weighted by Gasteiger charge is -2.15. The fourth-order valence-electron chi connectivity index (χ4n) is 6.45. The minimum Gasteiger partial charge on any atom is -0.478 e. The minimum atomic E-state index is -0.951. The number of carbonyl (C=O) groups excluding carboxylic acids is 1. The first-order chi connectivity index (χ1) is 28.1. The first-order valence-electron chi connectivity index (χ1n) is 19.7. The lowest BCUT2D eigenvalue weighted by molar-refractivity contribution is 0.0696. The van der Waals surface area contributed by atoms with Crippen LogP contribution in [0.15, 0.2) is 119 Å². The smallest absolute Gasteiger partial charge is 0.335 e. The van der Waals surface area contributed by atoms with Gasteiger partial charge in [0.25, 0.3) is 11.1 Å². The number of Topliss-reactive ketones (excluding diaryl/α,β-unsaturated/α-hetero) is 1. The summed E-state index contributed by atoms with van der Waals surface area (Å²) in [5.74, 6) is 2.31. The highest BCUT2D eigenvalue weighted by molar-refractivity contribution is 5.96. The Morgan fingerprint density at radius 3 is 1.44 bits per heavy atom. The zero-order valence-corrected chi connectivity index (χ0v) is 35.1. The standard InChI is InChI=1S/C25H27NO3.C16H16O3.C8H12N2O/c1-16(2)21-11-10-19(15-24(21)29-20-8-6-5-7-9-20)23(27)13-12-22-17(3)14-18(4)26-25(22)28;1-11(2)14-9-8-12(16(17)18)10-15(14)19-13-6-4-3-5-7-13;1-5-3-6(2)10-8(11)7(5)4-9/h5-11,14-16H,12-13H2,1-4H3,(H,26,28);3-11H,1-2H3,(H,17,18);3H,4,9H2,1-2H3,(H,10,11). The molecule has 0 radical (unpaired) electrons. The molecule has 0 aliphatic rings. The summed E-state index contributed by atoms with van der Waals surface area (Å²) in [6.07, 6.45) is 0.694. The largest absolute Gasteiger partial charge is 0.478 e. The predicted octanol–water partition coefficient (Wildman–Crippen LogP) is 10.5. The van der Waals surface area contributed by atoms with Gasteiger partial charge >= 0.3 is 5.97 Å². The summed E-state index contributed by atoms with van der Waals surface area (Å²) in [5, 5.41) is 9.05. The van der Waals surface area contributed by atoms with E-state index in [1.54, 1.807) is 12.1 Å². The van der Waals surface area contributed by atoms with Crippen molar-refractivity contribution in [1.82, 2.24) is 9.97 Å². The molecular weight excluding hydrogens is 743 g/mol. The summed E-state index contributed by atoms with van der Waals surface area (Å²) >= 11 is 0. The molecule has 0 unspecified atom stereocenters. The number of aryl methyl sites for hydroxylation is 4. The number of hydrogen-bond acceptors (Lipinski definition) is 7. The van der Waals surface area contributed by atoms with Crippen molar-refractivity contribution in [3.63, 3.8) is 0 Å². The Kier molecular flexibility index (Phi) is 16.3. The molecule has 4 aromatic carbocycles. The normalized spacial score (nSPS) is 10.6. The fourth-order valence-corrected chi connectivity index (χ4v) is 6.45. The van der Waals surface area contributed by atoms with Crippen molar-refractivity contribution in [3.05, 3.63) is 186 Å². The zero-order valence-electron chi connectivity index (χ0n) is 35.1. The fraction of sp³-hybridized carbons (Fsp3) is 0.265. The highest BCUT2D eigenvalue weighted by Crippen LogP contribution is 2.33. The van der Waals surface area contributed by atoms with Crippen LogP contribution < -0.4 is 26.3 Å². The molecule has 59 heavy (non-hydrogen) atoms. The van der Waals surface area contributed by atoms with Crippen molar-refractivity contribution in [1.29, 1.82) is 0 Å². The number of aromatic nitrogens is 2. The molecule has 0 aliphatic heterocycles. The number of ether oxygens (including phenoxy) is 2. The molecule has 308 valence electrons. The number of nitrogens with one attached hydrogen (secondary N) is 2. The van der Waals surface area contributed by atoms with E-state index in [9.17, 15) is 19.2 Å². The molecule has 0 saturated carbocycles. The van der Waals surface area contributed by atoms with Crippen LogP contribution in [0, 0.1) is 27.7 Å². The number of H-pyrrole nitrogens is 2. The number of pyridine rings is 2. The molecule has 5 N–H and O–H groups in total. The van der Waals surface area contributed by atoms with Crippen molar-refractivity contribution in [2.45, 2.75) is 86.6 Å². The lowest BCUT2D eigenvalue weighted by atomic mass is 9.96. The quantitative estimate of drug-likeness (QED) is 0.0889. The van der Waals surface area contributed by atoms with Crippen LogP contribution in [0.1, 0.15) is 111 Å². The second kappa shape index (κ2) is 21.3. The first-order valence-corrected chi connectivity index (χ1v) is 19.7. The van der Waals surface area contributed by atoms with Gasteiger partial charge in [0, 0.05) is 41.0 Å². The van der Waals surface area contributed by atoms with Gasteiger partial charge in [0.15, 0.2) is 5.78 Å². The maximum Gasteiger partial charge on any atom is 0.335 e. The molecule has 0 aliphatic carbocycles. The van der Waals surface area contributed by atoms with E-state index in [0.29, 0.717) is 46.9 Å². The third-order valence-corrected chi connectivity index (χ3v) is 9.58. The number of carbonyl (C=O) groups is 2. The molecule has 0 saturated heterocycles. The third-order valence-electron chi connectivity index (χ3n) is 9.58. The van der Waals surface area contributed by atoms with Crippen LogP contribution in [-0.4, -0.2) is 26.8 Å². The van der Waals surface area contributed by atoms with Crippen LogP contribution in [-0.2, 0) is 13.0 Å². The van der Waals surface area contributed by atoms with Crippen LogP contribution in [0.2, 0.25) is 0 Å². The topological polar surface area (TPSA) is 165 Å². The summed E-state index contributed by atoms with van der Waals surface area (Å²) in [6, 6.07) is 33.4. The van der Waals surface area contributed by atoms with E-state index in [1.165, 1.54) is 0 Å². The predicted molar refractivity (Wildman–Crippen MR) is 235 cm³/mol. The summed E-state index contributed by atoms with van der Waals surface area (Å²) < 4.78 is 11.9. The molecule has 2 heterocycles. The van der Waals surface area contributed by atoms with Gasteiger partial charge in [0.05, 0.1) is 5.56 Å². The summed E-state index contributed by atoms with van der Waals surface area (Å²) in [7, 11) is 0. The number of para-hydroxylation sites is 2. The molecule has 0 atom stereocenters. The third kappa shape index (κ3) is 13.0. The van der Waals surface area contributed by atoms with Gasteiger partial charge in [-0.2, -0.15) is 0 Å². The molecule has 0 spiro atoms. The van der Waals surface area contributed by atoms with E-state index in [4.69, 9.17) is 20.3 Å². The van der Waals surface area contributed by atoms with Gasteiger partial charge in [-0.25, -0.2) is 4.79 Å². The zero-order chi connectivity index (χ0) is 43.2. The number of aromatic carboxylic acids is 1. The molecule has 0 bridgehead atoms. The highest BCUT2D eigenvalue weighted by atomic mass is 16.5. The average Bonchev–Trinajstić information content (AvgIpc) is 3.18. The monoisotopic (exact) mass is 797 g/mol. The van der Waals surface area contributed by atoms with Gasteiger partial charge in [-0.3, -0.25) is 14.4 Å². The van der Waals surface area contributed by atoms with Crippen LogP contribution in [0.4, 0.5) is 0 Å². The molecule has 0 amide bonds. The Hall–Kier alpha value is -6.52. The molecule has 2 aromatic heterocycles. The Bertz CT molecular complexity index is 2470. The van der Waals surface area contributed by atoms with E-state index < -0.39 is 5.97 Å². The number of rotatable bonds is 12. The van der Waals surface area contributed by atoms with Crippen LogP contribution in [0.5, 0.6) is 23.0 Å². The van der Waals surface area contributed by atoms with Crippen molar-refractivity contribution in [2.24, 2.45) is 5.73 Å². The Morgan fingerprint density at radius 1 is 0.610 bits per heavy atom. The molecule has 0 fully saturated rings. The summed E-state index contributed by atoms with van der Waals surface area (Å²) in [6.45, 7) is 16.1. The Morgan fingerprint density at radius 2 is 1.03 bits per heavy atom. The van der Waals surface area contributed by atoms with Gasteiger partial charge in [0.1, 0.15) is 23.0 Å². The van der Waals surface area contributed by atoms with Crippen molar-refractivity contribution in [2.75, 3.05) is 0 Å². The van der Waals surface area contributed by atoms with Crippen LogP contribution in [0.25, 0.3) is 0 Å². The van der Waals surface area contributed by atoms with Gasteiger partial charge in [-0.1, -0.05) is 82.3 Å². The first kappa shape index (κ1) is 45.2. The molecule has 6 rings (SSSR count). The van der Waals surface area contributed by atoms with Crippen molar-refractivity contribution >= 4 is 11.8 Å². The number of nitrogens with two attached hydrogens (primary N) is 1. The number of aromatic amines is 2. The van der Waals surface area contributed by atoms with E-state index in [2.05, 4.69) is 23.8 Å². The number of benzene rings is 4. The molecule has 10 heteroatoms. The Balaban J connectivity index is 0.000000219. The number of carboxylic acid groups (broad SMARTS) is 1. The van der Waals surface area contributed by atoms with E-state index in [0.717, 1.165) is 39.4 Å². The average molecular weight is 798 g/mol. The molecule has 6 aromatic rings. The van der Waals surface area contributed by atoms with Gasteiger partial charge in [-0.05, 0) is 123 Å². The maximum absolute atomic E-state index is 12.8. The number of carboxylic acids is 1. The summed E-state index contributed by atoms with van der Waals surface area (Å²) in [5.41, 5.74) is 13.0. The van der Waals surface area contributed by atoms with Gasteiger partial charge in [-0.15, -0.1) is 0 Å². The maximum atomic E-state index is 12.8. The van der Waals surface area contributed by atoms with Crippen molar-refractivity contribution < 1.29 is 24.2 Å². The molecular formula is C49H55N3O7. The Labute approximate surface area is 346 Å². The highest BCUT2D eigenvalue weighted by Gasteiger charge is 2.16. The van der Waals surface area contributed by atoms with Crippen LogP contribution in [0.3, 0.4) is 0 Å². The lowest BCUT2D eigenvalue weighted by Crippen LogP contribution is -2.18. The molecule has 10 nitrogen and oxygen atoms in total. The van der Waals surface area contributed by atoms with E-state index in [1.807, 2.05) is 139 Å². The number of hydrogen-bond donors (Lipinski definition) is 4. The SMILES string of the molecule is CC(C)c1ccc(C(=O)O)cc1Oc1ccccc1.Cc1cc(C)c(CCC(=O)c2ccc(C(C)C)c(Oc3ccccc3)c2)c(=O)[nH]1.Cc1cc(C)c(CN)c(=O)[nH]1. The van der Waals surface area contributed by atoms with E-state index >= 15 is 0 Å². The van der Waals surface area contributed by atoms with Gasteiger partial charge in [0.2, 0.25) is 0 Å². The van der Waals surface area contributed by atoms with E-state index in [-0.39, 0.29) is 40.7 Å². The minimum absolute atomic E-state index is 0.00223. The second-order valence-electron chi connectivity index (χ2n) is 15.0. The second-order valence-corrected chi connectivity index (χ2v) is 15.0.